The molecule has 1 aromatic heterocycles. The van der Waals surface area contributed by atoms with Gasteiger partial charge in [0.1, 0.15) is 11.4 Å². The molecular weight excluding hydrogens is 422 g/mol. The number of hydrazone groups is 1. The number of phenols is 1. The van der Waals surface area contributed by atoms with Crippen molar-refractivity contribution in [1.29, 1.82) is 0 Å². The van der Waals surface area contributed by atoms with E-state index >= 15 is 0 Å². The average Bonchev–Trinajstić information content (AvgIpc) is 2.85. The number of carbonyl (C=O) groups is 2. The highest BCUT2D eigenvalue weighted by molar-refractivity contribution is 5.99. The molecule has 1 atom stereocenters. The molecule has 0 spiro atoms. The summed E-state index contributed by atoms with van der Waals surface area (Å²) >= 11 is 0. The summed E-state index contributed by atoms with van der Waals surface area (Å²) < 4.78 is 0. The Morgan fingerprint density at radius 3 is 2.36 bits per heavy atom. The number of phenolic OH excluding ortho intramolecular Hbond substituents is 1. The SMILES string of the molecule is O=C(N[C@@H](C(=O)N/N=C/c1ccccc1O)c1n[nH]c(=O)c2ccccc12)c1ccccc1. The van der Waals surface area contributed by atoms with Gasteiger partial charge >= 0.3 is 0 Å². The van der Waals surface area contributed by atoms with Crippen LogP contribution in [0.25, 0.3) is 10.8 Å². The maximum Gasteiger partial charge on any atom is 0.272 e. The predicted octanol–water partition coefficient (Wildman–Crippen LogP) is 2.25. The molecule has 4 aromatic rings. The molecule has 0 aliphatic carbocycles. The van der Waals surface area contributed by atoms with E-state index in [2.05, 4.69) is 26.0 Å². The van der Waals surface area contributed by atoms with E-state index in [9.17, 15) is 19.5 Å². The fraction of sp³-hybridized carbons (Fsp3) is 0.0417. The average molecular weight is 441 g/mol. The van der Waals surface area contributed by atoms with Gasteiger partial charge in [0, 0.05) is 16.5 Å². The Balaban J connectivity index is 1.68. The summed E-state index contributed by atoms with van der Waals surface area (Å²) in [6.07, 6.45) is 1.28. The molecule has 1 heterocycles. The van der Waals surface area contributed by atoms with Crippen LogP contribution in [0, 0.1) is 0 Å². The van der Waals surface area contributed by atoms with Gasteiger partial charge in [0.2, 0.25) is 0 Å². The lowest BCUT2D eigenvalue weighted by atomic mass is 10.0. The molecule has 164 valence electrons. The number of hydrogen-bond acceptors (Lipinski definition) is 6. The van der Waals surface area contributed by atoms with E-state index < -0.39 is 23.4 Å². The van der Waals surface area contributed by atoms with Crippen molar-refractivity contribution in [2.45, 2.75) is 6.04 Å². The quantitative estimate of drug-likeness (QED) is 0.269. The fourth-order valence-corrected chi connectivity index (χ4v) is 3.24. The number of benzene rings is 3. The van der Waals surface area contributed by atoms with Crippen molar-refractivity contribution in [3.63, 3.8) is 0 Å². The van der Waals surface area contributed by atoms with E-state index in [1.54, 1.807) is 72.8 Å². The molecule has 0 saturated heterocycles. The minimum Gasteiger partial charge on any atom is -0.507 e. The van der Waals surface area contributed by atoms with Gasteiger partial charge in [0.15, 0.2) is 6.04 Å². The van der Waals surface area contributed by atoms with Gasteiger partial charge < -0.3 is 10.4 Å². The number of para-hydroxylation sites is 1. The molecule has 0 aliphatic rings. The molecule has 9 nitrogen and oxygen atoms in total. The Morgan fingerprint density at radius 1 is 0.939 bits per heavy atom. The second-order valence-corrected chi connectivity index (χ2v) is 7.05. The van der Waals surface area contributed by atoms with Crippen LogP contribution in [0.4, 0.5) is 0 Å². The van der Waals surface area contributed by atoms with Crippen LogP contribution >= 0.6 is 0 Å². The molecule has 0 radical (unpaired) electrons. The van der Waals surface area contributed by atoms with Crippen LogP contribution in [-0.2, 0) is 4.79 Å². The normalized spacial score (nSPS) is 11.9. The number of amides is 2. The van der Waals surface area contributed by atoms with Crippen molar-refractivity contribution in [3.05, 3.63) is 106 Å². The third-order valence-electron chi connectivity index (χ3n) is 4.89. The number of nitrogens with zero attached hydrogens (tertiary/aromatic N) is 2. The highest BCUT2D eigenvalue weighted by Gasteiger charge is 2.27. The Hall–Kier alpha value is -4.79. The van der Waals surface area contributed by atoms with Gasteiger partial charge in [-0.25, -0.2) is 10.5 Å². The maximum absolute atomic E-state index is 13.1. The monoisotopic (exact) mass is 441 g/mol. The molecular formula is C24H19N5O4. The van der Waals surface area contributed by atoms with Gasteiger partial charge in [0.05, 0.1) is 11.6 Å². The first-order chi connectivity index (χ1) is 16.0. The molecule has 0 fully saturated rings. The van der Waals surface area contributed by atoms with Crippen LogP contribution < -0.4 is 16.3 Å². The molecule has 4 N–H and O–H groups in total. The molecule has 0 saturated carbocycles. The molecule has 4 rings (SSSR count). The van der Waals surface area contributed by atoms with Gasteiger partial charge in [-0.2, -0.15) is 10.2 Å². The Labute approximate surface area is 187 Å². The topological polar surface area (TPSA) is 137 Å². The van der Waals surface area contributed by atoms with Crippen molar-refractivity contribution >= 4 is 28.8 Å². The summed E-state index contributed by atoms with van der Waals surface area (Å²) in [6, 6.07) is 20.3. The highest BCUT2D eigenvalue weighted by Crippen LogP contribution is 2.20. The number of aromatic nitrogens is 2. The zero-order chi connectivity index (χ0) is 23.2. The standard InChI is InChI=1S/C24H19N5O4/c30-19-13-7-4-10-16(19)14-25-28-24(33)21(26-22(31)15-8-2-1-3-9-15)20-17-11-5-6-12-18(17)23(32)29-27-20/h1-14,21,30H,(H,26,31)(H,28,33)(H,29,32)/b25-14+/t21-/m1/s1. The Bertz CT molecular complexity index is 1400. The lowest BCUT2D eigenvalue weighted by molar-refractivity contribution is -0.123. The van der Waals surface area contributed by atoms with Crippen molar-refractivity contribution in [3.8, 4) is 5.75 Å². The van der Waals surface area contributed by atoms with Crippen LogP contribution in [0.2, 0.25) is 0 Å². The Morgan fingerprint density at radius 2 is 1.61 bits per heavy atom. The molecule has 0 aliphatic heterocycles. The van der Waals surface area contributed by atoms with Crippen LogP contribution in [0.3, 0.4) is 0 Å². The van der Waals surface area contributed by atoms with E-state index in [4.69, 9.17) is 0 Å². The summed E-state index contributed by atoms with van der Waals surface area (Å²) in [5, 5.41) is 23.6. The van der Waals surface area contributed by atoms with Gasteiger partial charge in [-0.3, -0.25) is 14.4 Å². The first-order valence-electron chi connectivity index (χ1n) is 9.99. The molecule has 9 heteroatoms. The number of hydrogen-bond donors (Lipinski definition) is 4. The molecule has 0 unspecified atom stereocenters. The summed E-state index contributed by atoms with van der Waals surface area (Å²) in [7, 11) is 0. The smallest absolute Gasteiger partial charge is 0.272 e. The van der Waals surface area contributed by atoms with Gasteiger partial charge in [0.25, 0.3) is 17.4 Å². The van der Waals surface area contributed by atoms with E-state index in [0.29, 0.717) is 21.9 Å². The first-order valence-corrected chi connectivity index (χ1v) is 9.99. The van der Waals surface area contributed by atoms with Crippen LogP contribution in [0.15, 0.2) is 88.8 Å². The van der Waals surface area contributed by atoms with Crippen LogP contribution in [0.5, 0.6) is 5.75 Å². The predicted molar refractivity (Wildman–Crippen MR) is 123 cm³/mol. The maximum atomic E-state index is 13.1. The lowest BCUT2D eigenvalue weighted by Gasteiger charge is -2.18. The highest BCUT2D eigenvalue weighted by atomic mass is 16.3. The van der Waals surface area contributed by atoms with Gasteiger partial charge in [-0.05, 0) is 30.3 Å². The fourth-order valence-electron chi connectivity index (χ4n) is 3.24. The van der Waals surface area contributed by atoms with Gasteiger partial charge in [-0.1, -0.05) is 48.5 Å². The first kappa shape index (κ1) is 21.4. The third-order valence-corrected chi connectivity index (χ3v) is 4.89. The van der Waals surface area contributed by atoms with E-state index in [-0.39, 0.29) is 11.4 Å². The van der Waals surface area contributed by atoms with Crippen molar-refractivity contribution < 1.29 is 14.7 Å². The third kappa shape index (κ3) is 4.77. The van der Waals surface area contributed by atoms with Crippen LogP contribution in [-0.4, -0.2) is 33.3 Å². The second-order valence-electron chi connectivity index (χ2n) is 7.05. The van der Waals surface area contributed by atoms with Crippen LogP contribution in [0.1, 0.15) is 27.7 Å². The summed E-state index contributed by atoms with van der Waals surface area (Å²) in [5.74, 6) is -1.19. The number of fused-ring (bicyclic) bond motifs is 1. The number of rotatable bonds is 6. The second kappa shape index (κ2) is 9.56. The summed E-state index contributed by atoms with van der Waals surface area (Å²) in [5.41, 5.74) is 2.85. The number of nitrogens with one attached hydrogen (secondary N) is 3. The zero-order valence-corrected chi connectivity index (χ0v) is 17.2. The summed E-state index contributed by atoms with van der Waals surface area (Å²) in [6.45, 7) is 0. The number of aromatic hydroxyl groups is 1. The number of H-pyrrole nitrogens is 1. The van der Waals surface area contributed by atoms with E-state index in [1.807, 2.05) is 0 Å². The molecule has 2 amide bonds. The Kier molecular flexibility index (Phi) is 6.21. The van der Waals surface area contributed by atoms with Crippen molar-refractivity contribution in [2.75, 3.05) is 0 Å². The number of aromatic amines is 1. The lowest BCUT2D eigenvalue weighted by Crippen LogP contribution is -2.40. The zero-order valence-electron chi connectivity index (χ0n) is 17.2. The summed E-state index contributed by atoms with van der Waals surface area (Å²) in [4.78, 5) is 38.1. The van der Waals surface area contributed by atoms with E-state index in [1.165, 1.54) is 12.3 Å². The van der Waals surface area contributed by atoms with Gasteiger partial charge in [-0.15, -0.1) is 0 Å². The minimum atomic E-state index is -1.26. The largest absolute Gasteiger partial charge is 0.507 e. The van der Waals surface area contributed by atoms with Crippen molar-refractivity contribution in [2.24, 2.45) is 5.10 Å². The molecule has 0 bridgehead atoms. The van der Waals surface area contributed by atoms with E-state index in [0.717, 1.165) is 0 Å². The minimum absolute atomic E-state index is 0.00211. The number of carbonyl (C=O) groups excluding carboxylic acids is 2. The van der Waals surface area contributed by atoms with Crippen molar-refractivity contribution in [1.82, 2.24) is 20.9 Å². The molecule has 33 heavy (non-hydrogen) atoms. The molecule has 3 aromatic carbocycles.